The number of thiol groups is 1. The predicted molar refractivity (Wildman–Crippen MR) is 154 cm³/mol. The van der Waals surface area contributed by atoms with Gasteiger partial charge in [0.25, 0.3) is 0 Å². The van der Waals surface area contributed by atoms with E-state index in [1.807, 2.05) is 38.1 Å². The molecule has 3 atom stereocenters. The van der Waals surface area contributed by atoms with Crippen LogP contribution in [0.1, 0.15) is 104 Å². The number of hydrogen-bond donors (Lipinski definition) is 3. The number of benzene rings is 1. The summed E-state index contributed by atoms with van der Waals surface area (Å²) in [6, 6.07) is 5.93. The van der Waals surface area contributed by atoms with Crippen LogP contribution in [0.25, 0.3) is 0 Å². The van der Waals surface area contributed by atoms with Gasteiger partial charge in [-0.15, -0.1) is 0 Å². The summed E-state index contributed by atoms with van der Waals surface area (Å²) in [4.78, 5) is 41.7. The van der Waals surface area contributed by atoms with Crippen LogP contribution in [0, 0.1) is 6.92 Å². The van der Waals surface area contributed by atoms with Gasteiger partial charge in [0.05, 0.1) is 0 Å². The highest BCUT2D eigenvalue weighted by Gasteiger charge is 2.36. The van der Waals surface area contributed by atoms with E-state index in [1.165, 1.54) is 0 Å². The Morgan fingerprint density at radius 2 is 1.59 bits per heavy atom. The second kappa shape index (κ2) is 16.6. The molecule has 3 unspecified atom stereocenters. The van der Waals surface area contributed by atoms with Crippen LogP contribution in [0.3, 0.4) is 0 Å². The molecule has 0 aromatic heterocycles. The molecule has 8 heteroatoms. The van der Waals surface area contributed by atoms with Gasteiger partial charge >= 0.3 is 6.09 Å². The Kier molecular flexibility index (Phi) is 14.7. The lowest BCUT2D eigenvalue weighted by atomic mass is 10.00. The number of nitrogens with one attached hydrogen (secondary N) is 2. The van der Waals surface area contributed by atoms with Gasteiger partial charge in [0.15, 0.2) is 0 Å². The summed E-state index contributed by atoms with van der Waals surface area (Å²) in [5.41, 5.74) is 1.11. The minimum atomic E-state index is -0.928. The van der Waals surface area contributed by atoms with Crippen molar-refractivity contribution in [2.75, 3.05) is 12.3 Å². The molecule has 0 fully saturated rings. The number of alkyl carbamates (subject to hydrolysis) is 1. The maximum absolute atomic E-state index is 13.9. The van der Waals surface area contributed by atoms with Crippen molar-refractivity contribution in [1.82, 2.24) is 15.5 Å². The third-order valence-corrected chi connectivity index (χ3v) is 6.39. The average molecular weight is 536 g/mol. The standard InChI is InChI=1S/C29H49N3O4S/c1-8-10-11-12-13-19-32(27(34)24(20-37)31-28(35)36-29(5,6)7)25(23-17-15-21(3)16-18-23)26(33)30-22(4)14-9-2/h15-18,22,24-25,37H,8-14,19-20H2,1-7H3,(H,30,33)(H,31,35). The number of carbonyl (C=O) groups is 3. The largest absolute Gasteiger partial charge is 0.444 e. The van der Waals surface area contributed by atoms with E-state index in [0.29, 0.717) is 6.54 Å². The number of nitrogens with zero attached hydrogens (tertiary/aromatic N) is 1. The van der Waals surface area contributed by atoms with Crippen molar-refractivity contribution >= 4 is 30.5 Å². The SMILES string of the molecule is CCCCCCCN(C(=O)C(CS)NC(=O)OC(C)(C)C)C(C(=O)NC(C)CCC)c1ccc(C)cc1. The highest BCUT2D eigenvalue weighted by atomic mass is 32.1. The summed E-state index contributed by atoms with van der Waals surface area (Å²) in [6.45, 7) is 13.9. The number of hydrogen-bond acceptors (Lipinski definition) is 5. The monoisotopic (exact) mass is 535 g/mol. The molecule has 1 rings (SSSR count). The van der Waals surface area contributed by atoms with Gasteiger partial charge in [0, 0.05) is 18.3 Å². The van der Waals surface area contributed by atoms with Crippen LogP contribution < -0.4 is 10.6 Å². The highest BCUT2D eigenvalue weighted by Crippen LogP contribution is 2.25. The smallest absolute Gasteiger partial charge is 0.408 e. The summed E-state index contributed by atoms with van der Waals surface area (Å²) in [7, 11) is 0. The molecule has 0 aliphatic heterocycles. The van der Waals surface area contributed by atoms with E-state index in [4.69, 9.17) is 4.74 Å². The molecule has 0 spiro atoms. The molecule has 0 saturated heterocycles. The summed E-state index contributed by atoms with van der Waals surface area (Å²) in [6.07, 6.45) is 6.14. The maximum Gasteiger partial charge on any atom is 0.408 e. The van der Waals surface area contributed by atoms with Gasteiger partial charge in [-0.2, -0.15) is 12.6 Å². The van der Waals surface area contributed by atoms with Crippen molar-refractivity contribution in [3.63, 3.8) is 0 Å². The lowest BCUT2D eigenvalue weighted by Crippen LogP contribution is -2.54. The molecule has 0 heterocycles. The fourth-order valence-corrected chi connectivity index (χ4v) is 4.38. The first-order valence-corrected chi connectivity index (χ1v) is 14.3. The first-order chi connectivity index (χ1) is 17.4. The van der Waals surface area contributed by atoms with Gasteiger partial charge in [-0.05, 0) is 53.0 Å². The summed E-state index contributed by atoms with van der Waals surface area (Å²) in [5, 5.41) is 5.77. The predicted octanol–water partition coefficient (Wildman–Crippen LogP) is 5.96. The number of ether oxygens (including phenoxy) is 1. The molecular weight excluding hydrogens is 486 g/mol. The Morgan fingerprint density at radius 1 is 0.973 bits per heavy atom. The van der Waals surface area contributed by atoms with Crippen LogP contribution in [0.15, 0.2) is 24.3 Å². The molecule has 210 valence electrons. The zero-order valence-electron chi connectivity index (χ0n) is 23.9. The van der Waals surface area contributed by atoms with Gasteiger partial charge in [-0.25, -0.2) is 4.79 Å². The Morgan fingerprint density at radius 3 is 2.14 bits per heavy atom. The van der Waals surface area contributed by atoms with E-state index in [9.17, 15) is 14.4 Å². The molecule has 0 aliphatic carbocycles. The Balaban J connectivity index is 3.35. The van der Waals surface area contributed by atoms with Crippen LogP contribution in [0.4, 0.5) is 4.79 Å². The van der Waals surface area contributed by atoms with Gasteiger partial charge in [0.2, 0.25) is 11.8 Å². The molecule has 2 N–H and O–H groups in total. The Hall–Kier alpha value is -2.22. The highest BCUT2D eigenvalue weighted by molar-refractivity contribution is 7.80. The number of unbranched alkanes of at least 4 members (excludes halogenated alkanes) is 4. The van der Waals surface area contributed by atoms with Crippen LogP contribution >= 0.6 is 12.6 Å². The quantitative estimate of drug-likeness (QED) is 0.191. The number of amides is 3. The number of carbonyl (C=O) groups excluding carboxylic acids is 3. The lowest BCUT2D eigenvalue weighted by Gasteiger charge is -2.35. The van der Waals surface area contributed by atoms with Gasteiger partial charge in [0.1, 0.15) is 17.7 Å². The Labute approximate surface area is 229 Å². The van der Waals surface area contributed by atoms with E-state index in [0.717, 1.165) is 56.1 Å². The van der Waals surface area contributed by atoms with Crippen molar-refractivity contribution < 1.29 is 19.1 Å². The molecule has 1 aromatic carbocycles. The second-order valence-corrected chi connectivity index (χ2v) is 11.2. The summed E-state index contributed by atoms with van der Waals surface area (Å²) >= 11 is 4.36. The Bertz CT molecular complexity index is 839. The second-order valence-electron chi connectivity index (χ2n) is 10.8. The van der Waals surface area contributed by atoms with Gasteiger partial charge in [-0.3, -0.25) is 9.59 Å². The topological polar surface area (TPSA) is 87.7 Å². The van der Waals surface area contributed by atoms with E-state index >= 15 is 0 Å². The average Bonchev–Trinajstić information content (AvgIpc) is 2.81. The molecule has 37 heavy (non-hydrogen) atoms. The molecule has 0 saturated carbocycles. The van der Waals surface area contributed by atoms with E-state index in [1.54, 1.807) is 25.7 Å². The normalized spacial score (nSPS) is 13.8. The van der Waals surface area contributed by atoms with E-state index in [2.05, 4.69) is 37.1 Å². The molecule has 7 nitrogen and oxygen atoms in total. The van der Waals surface area contributed by atoms with Gasteiger partial charge < -0.3 is 20.3 Å². The summed E-state index contributed by atoms with van der Waals surface area (Å²) in [5.74, 6) is -0.485. The number of aryl methyl sites for hydroxylation is 1. The molecule has 0 bridgehead atoms. The third kappa shape index (κ3) is 12.2. The van der Waals surface area contributed by atoms with Crippen LogP contribution in [-0.2, 0) is 14.3 Å². The minimum absolute atomic E-state index is 0.0208. The molecule has 0 radical (unpaired) electrons. The van der Waals surface area contributed by atoms with Crippen LogP contribution in [0.2, 0.25) is 0 Å². The number of rotatable bonds is 15. The molecule has 0 aliphatic rings. The van der Waals surface area contributed by atoms with E-state index in [-0.39, 0.29) is 23.6 Å². The van der Waals surface area contributed by atoms with Crippen LogP contribution in [0.5, 0.6) is 0 Å². The third-order valence-electron chi connectivity index (χ3n) is 6.02. The van der Waals surface area contributed by atoms with Crippen molar-refractivity contribution in [3.8, 4) is 0 Å². The lowest BCUT2D eigenvalue weighted by molar-refractivity contribution is -0.142. The molecule has 1 aromatic rings. The zero-order valence-corrected chi connectivity index (χ0v) is 24.8. The van der Waals surface area contributed by atoms with Crippen molar-refractivity contribution in [2.24, 2.45) is 0 Å². The van der Waals surface area contributed by atoms with Gasteiger partial charge in [-0.1, -0.05) is 75.8 Å². The van der Waals surface area contributed by atoms with Crippen molar-refractivity contribution in [2.45, 2.75) is 117 Å². The summed E-state index contributed by atoms with van der Waals surface area (Å²) < 4.78 is 5.38. The maximum atomic E-state index is 13.9. The molecule has 3 amide bonds. The van der Waals surface area contributed by atoms with Crippen molar-refractivity contribution in [3.05, 3.63) is 35.4 Å². The first kappa shape index (κ1) is 32.8. The minimum Gasteiger partial charge on any atom is -0.444 e. The fraction of sp³-hybridized carbons (Fsp3) is 0.690. The fourth-order valence-electron chi connectivity index (χ4n) is 4.14. The zero-order chi connectivity index (χ0) is 28.0. The van der Waals surface area contributed by atoms with E-state index < -0.39 is 23.8 Å². The van der Waals surface area contributed by atoms with Crippen LogP contribution in [-0.4, -0.2) is 52.8 Å². The van der Waals surface area contributed by atoms with Crippen molar-refractivity contribution in [1.29, 1.82) is 0 Å². The first-order valence-electron chi connectivity index (χ1n) is 13.7. The molecular formula is C29H49N3O4S.